The van der Waals surface area contributed by atoms with Crippen molar-refractivity contribution in [1.29, 1.82) is 5.26 Å². The van der Waals surface area contributed by atoms with Crippen molar-refractivity contribution < 1.29 is 9.84 Å². The highest BCUT2D eigenvalue weighted by Crippen LogP contribution is 2.15. The van der Waals surface area contributed by atoms with Crippen molar-refractivity contribution in [3.63, 3.8) is 0 Å². The Hall–Kier alpha value is -1.57. The minimum atomic E-state index is -0.433. The molecule has 1 atom stereocenters. The number of rotatable bonds is 9. The van der Waals surface area contributed by atoms with Gasteiger partial charge in [0.1, 0.15) is 11.3 Å². The standard InChI is InChI=1S/C16H24N2O2/c1-3-18-16(2,13-17)10-4-5-11-20-15-8-6-14(12-19)7-9-15/h6-9,18-19H,3-5,10-12H2,1-2H3. The van der Waals surface area contributed by atoms with E-state index >= 15 is 0 Å². The zero-order valence-electron chi connectivity index (χ0n) is 12.4. The molecule has 0 spiro atoms. The van der Waals surface area contributed by atoms with Crippen LogP contribution in [-0.4, -0.2) is 23.8 Å². The molecule has 1 rings (SSSR count). The van der Waals surface area contributed by atoms with Crippen LogP contribution in [0.15, 0.2) is 24.3 Å². The third-order valence-electron chi connectivity index (χ3n) is 3.26. The molecule has 110 valence electrons. The maximum atomic E-state index is 9.14. The van der Waals surface area contributed by atoms with Crippen molar-refractivity contribution in [1.82, 2.24) is 5.32 Å². The molecule has 1 aromatic carbocycles. The second-order valence-electron chi connectivity index (χ2n) is 5.08. The highest BCUT2D eigenvalue weighted by atomic mass is 16.5. The van der Waals surface area contributed by atoms with Gasteiger partial charge in [0.2, 0.25) is 0 Å². The molecule has 0 aliphatic heterocycles. The number of aliphatic hydroxyl groups is 1. The highest BCUT2D eigenvalue weighted by molar-refractivity contribution is 5.26. The molecular formula is C16H24N2O2. The highest BCUT2D eigenvalue weighted by Gasteiger charge is 2.21. The third-order valence-corrected chi connectivity index (χ3v) is 3.26. The summed E-state index contributed by atoms with van der Waals surface area (Å²) >= 11 is 0. The van der Waals surface area contributed by atoms with Crippen molar-refractivity contribution in [2.24, 2.45) is 0 Å². The molecule has 0 radical (unpaired) electrons. The first-order chi connectivity index (χ1) is 9.63. The van der Waals surface area contributed by atoms with Crippen LogP contribution in [0.2, 0.25) is 0 Å². The minimum Gasteiger partial charge on any atom is -0.494 e. The number of nitriles is 1. The molecule has 4 nitrogen and oxygen atoms in total. The SMILES string of the molecule is CCNC(C)(C#N)CCCCOc1ccc(CO)cc1. The quantitative estimate of drug-likeness (QED) is 0.680. The van der Waals surface area contributed by atoms with Crippen molar-refractivity contribution in [2.75, 3.05) is 13.2 Å². The maximum absolute atomic E-state index is 9.14. The molecule has 0 saturated heterocycles. The number of hydrogen-bond donors (Lipinski definition) is 2. The van der Waals surface area contributed by atoms with Gasteiger partial charge in [0, 0.05) is 0 Å². The Kier molecular flexibility index (Phi) is 7.06. The van der Waals surface area contributed by atoms with Crippen molar-refractivity contribution in [3.8, 4) is 11.8 Å². The van der Waals surface area contributed by atoms with Gasteiger partial charge in [-0.2, -0.15) is 5.26 Å². The van der Waals surface area contributed by atoms with Crippen LogP contribution >= 0.6 is 0 Å². The fourth-order valence-corrected chi connectivity index (χ4v) is 2.04. The Labute approximate surface area is 121 Å². The smallest absolute Gasteiger partial charge is 0.119 e. The first kappa shape index (κ1) is 16.5. The zero-order valence-corrected chi connectivity index (χ0v) is 12.4. The van der Waals surface area contributed by atoms with E-state index in [9.17, 15) is 0 Å². The molecule has 0 heterocycles. The predicted molar refractivity (Wildman–Crippen MR) is 79.4 cm³/mol. The van der Waals surface area contributed by atoms with E-state index < -0.39 is 5.54 Å². The van der Waals surface area contributed by atoms with E-state index in [1.165, 1.54) is 0 Å². The summed E-state index contributed by atoms with van der Waals surface area (Å²) in [5, 5.41) is 21.3. The van der Waals surface area contributed by atoms with Gasteiger partial charge < -0.3 is 9.84 Å². The number of nitrogens with zero attached hydrogens (tertiary/aromatic N) is 1. The number of ether oxygens (including phenoxy) is 1. The second kappa shape index (κ2) is 8.57. The van der Waals surface area contributed by atoms with E-state index in [1.54, 1.807) is 0 Å². The number of hydrogen-bond acceptors (Lipinski definition) is 4. The first-order valence-corrected chi connectivity index (χ1v) is 7.12. The Morgan fingerprint density at radius 2 is 2.00 bits per heavy atom. The Balaban J connectivity index is 2.23. The summed E-state index contributed by atoms with van der Waals surface area (Å²) in [6, 6.07) is 9.76. The van der Waals surface area contributed by atoms with Gasteiger partial charge in [-0.3, -0.25) is 5.32 Å². The van der Waals surface area contributed by atoms with E-state index in [1.807, 2.05) is 38.1 Å². The van der Waals surface area contributed by atoms with Crippen LogP contribution in [0.5, 0.6) is 5.75 Å². The molecule has 0 amide bonds. The molecular weight excluding hydrogens is 252 g/mol. The lowest BCUT2D eigenvalue weighted by Gasteiger charge is -2.22. The molecule has 1 unspecified atom stereocenters. The summed E-state index contributed by atoms with van der Waals surface area (Å²) < 4.78 is 5.63. The van der Waals surface area contributed by atoms with Gasteiger partial charge in [-0.05, 0) is 50.4 Å². The van der Waals surface area contributed by atoms with Crippen LogP contribution in [0, 0.1) is 11.3 Å². The van der Waals surface area contributed by atoms with Crippen LogP contribution < -0.4 is 10.1 Å². The fourth-order valence-electron chi connectivity index (χ4n) is 2.04. The van der Waals surface area contributed by atoms with Crippen LogP contribution in [0.25, 0.3) is 0 Å². The van der Waals surface area contributed by atoms with Gasteiger partial charge in [0.15, 0.2) is 0 Å². The maximum Gasteiger partial charge on any atom is 0.119 e. The average Bonchev–Trinajstić information content (AvgIpc) is 2.48. The number of aliphatic hydroxyl groups excluding tert-OH is 1. The molecule has 20 heavy (non-hydrogen) atoms. The lowest BCUT2D eigenvalue weighted by molar-refractivity contribution is 0.280. The minimum absolute atomic E-state index is 0.0530. The summed E-state index contributed by atoms with van der Waals surface area (Å²) in [6.07, 6.45) is 2.69. The molecule has 0 saturated carbocycles. The van der Waals surface area contributed by atoms with Gasteiger partial charge in [-0.25, -0.2) is 0 Å². The lowest BCUT2D eigenvalue weighted by Crippen LogP contribution is -2.40. The molecule has 0 aliphatic carbocycles. The van der Waals surface area contributed by atoms with Crippen LogP contribution in [0.1, 0.15) is 38.7 Å². The third kappa shape index (κ3) is 5.60. The van der Waals surface area contributed by atoms with Crippen molar-refractivity contribution >= 4 is 0 Å². The Morgan fingerprint density at radius 3 is 2.55 bits per heavy atom. The van der Waals surface area contributed by atoms with E-state index in [0.717, 1.165) is 37.1 Å². The van der Waals surface area contributed by atoms with E-state index in [2.05, 4.69) is 11.4 Å². The predicted octanol–water partition coefficient (Wildman–Crippen LogP) is 2.62. The van der Waals surface area contributed by atoms with E-state index in [-0.39, 0.29) is 6.61 Å². The normalized spacial score (nSPS) is 13.5. The van der Waals surface area contributed by atoms with Gasteiger partial charge >= 0.3 is 0 Å². The molecule has 0 aliphatic rings. The molecule has 0 bridgehead atoms. The zero-order chi connectivity index (χ0) is 14.8. The van der Waals surface area contributed by atoms with Crippen LogP contribution in [0.4, 0.5) is 0 Å². The summed E-state index contributed by atoms with van der Waals surface area (Å²) in [7, 11) is 0. The van der Waals surface area contributed by atoms with Crippen molar-refractivity contribution in [3.05, 3.63) is 29.8 Å². The van der Waals surface area contributed by atoms with Gasteiger partial charge in [-0.1, -0.05) is 19.1 Å². The lowest BCUT2D eigenvalue weighted by atomic mass is 9.97. The first-order valence-electron chi connectivity index (χ1n) is 7.12. The van der Waals surface area contributed by atoms with Crippen LogP contribution in [-0.2, 0) is 6.61 Å². The summed E-state index contributed by atoms with van der Waals surface area (Å²) in [4.78, 5) is 0. The second-order valence-corrected chi connectivity index (χ2v) is 5.08. The largest absolute Gasteiger partial charge is 0.494 e. The van der Waals surface area contributed by atoms with Crippen LogP contribution in [0.3, 0.4) is 0 Å². The van der Waals surface area contributed by atoms with E-state index in [4.69, 9.17) is 15.1 Å². The van der Waals surface area contributed by atoms with E-state index in [0.29, 0.717) is 6.61 Å². The average molecular weight is 276 g/mol. The van der Waals surface area contributed by atoms with Gasteiger partial charge in [0.25, 0.3) is 0 Å². The van der Waals surface area contributed by atoms with Gasteiger partial charge in [0.05, 0.1) is 19.3 Å². The number of unbranched alkanes of at least 4 members (excludes halogenated alkanes) is 1. The van der Waals surface area contributed by atoms with Crippen molar-refractivity contribution in [2.45, 2.75) is 45.3 Å². The number of benzene rings is 1. The summed E-state index contributed by atoms with van der Waals surface area (Å²) in [5.41, 5.74) is 0.449. The summed E-state index contributed by atoms with van der Waals surface area (Å²) in [6.45, 7) is 5.45. The Morgan fingerprint density at radius 1 is 1.30 bits per heavy atom. The molecule has 1 aromatic rings. The van der Waals surface area contributed by atoms with Gasteiger partial charge in [-0.15, -0.1) is 0 Å². The molecule has 0 aromatic heterocycles. The fraction of sp³-hybridized carbons (Fsp3) is 0.562. The Bertz CT molecular complexity index is 425. The summed E-state index contributed by atoms with van der Waals surface area (Å²) in [5.74, 6) is 0.817. The number of nitrogens with one attached hydrogen (secondary N) is 1. The monoisotopic (exact) mass is 276 g/mol. The molecule has 2 N–H and O–H groups in total. The molecule has 0 fully saturated rings. The topological polar surface area (TPSA) is 65.3 Å². The molecule has 4 heteroatoms.